The van der Waals surface area contributed by atoms with Gasteiger partial charge in [-0.15, -0.1) is 23.2 Å². The Morgan fingerprint density at radius 2 is 1.93 bits per heavy atom. The van der Waals surface area contributed by atoms with Gasteiger partial charge in [0.2, 0.25) is 0 Å². The largest absolute Gasteiger partial charge is 0.265 e. The minimum Gasteiger partial charge on any atom is -0.205 e. The summed E-state index contributed by atoms with van der Waals surface area (Å²) in [6.45, 7) is 0. The first-order chi connectivity index (χ1) is 6.92. The molecule has 0 heterocycles. The van der Waals surface area contributed by atoms with Crippen molar-refractivity contribution in [1.29, 1.82) is 0 Å². The molecule has 0 nitrogen and oxygen atoms in total. The van der Waals surface area contributed by atoms with Crippen LogP contribution in [0, 0.1) is 0 Å². The molecule has 0 N–H and O–H groups in total. The van der Waals surface area contributed by atoms with E-state index in [1.807, 2.05) is 0 Å². The third kappa shape index (κ3) is 2.22. The molecule has 0 saturated heterocycles. The van der Waals surface area contributed by atoms with Crippen molar-refractivity contribution in [3.05, 3.63) is 34.3 Å². The lowest BCUT2D eigenvalue weighted by Crippen LogP contribution is -1.92. The van der Waals surface area contributed by atoms with Crippen LogP contribution in [-0.4, -0.2) is 4.33 Å². The predicted octanol–water partition coefficient (Wildman–Crippen LogP) is 4.94. The molecule has 0 aliphatic heterocycles. The summed E-state index contributed by atoms with van der Waals surface area (Å²) in [7, 11) is 0. The van der Waals surface area contributed by atoms with Gasteiger partial charge in [0.1, 0.15) is 4.33 Å². The molecule has 15 heavy (non-hydrogen) atoms. The van der Waals surface area contributed by atoms with Gasteiger partial charge in [-0.1, -0.05) is 23.7 Å². The number of hydrogen-bond acceptors (Lipinski definition) is 0. The van der Waals surface area contributed by atoms with E-state index in [-0.39, 0.29) is 16.5 Å². The molecule has 1 unspecified atom stereocenters. The van der Waals surface area contributed by atoms with Crippen LogP contribution in [0.15, 0.2) is 18.2 Å². The second-order valence-electron chi connectivity index (χ2n) is 3.60. The molecule has 0 spiro atoms. The number of rotatable bonds is 2. The quantitative estimate of drug-likeness (QED) is 0.668. The van der Waals surface area contributed by atoms with Crippen molar-refractivity contribution in [3.63, 3.8) is 0 Å². The molecule has 82 valence electrons. The highest BCUT2D eigenvalue weighted by molar-refractivity contribution is 6.51. The Bertz CT molecular complexity index is 390. The SMILES string of the molecule is FC(F)c1ccc(C2CC2(Cl)Cl)cc1Cl. The van der Waals surface area contributed by atoms with E-state index >= 15 is 0 Å². The third-order valence-corrected chi connectivity index (χ3v) is 3.65. The lowest BCUT2D eigenvalue weighted by atomic mass is 10.1. The maximum atomic E-state index is 12.4. The van der Waals surface area contributed by atoms with Gasteiger partial charge in [-0.25, -0.2) is 8.78 Å². The summed E-state index contributed by atoms with van der Waals surface area (Å²) in [4.78, 5) is 0. The molecule has 0 amide bonds. The Morgan fingerprint density at radius 3 is 2.33 bits per heavy atom. The molecule has 1 saturated carbocycles. The first-order valence-corrected chi connectivity index (χ1v) is 5.50. The summed E-state index contributed by atoms with van der Waals surface area (Å²) >= 11 is 17.5. The van der Waals surface area contributed by atoms with Gasteiger partial charge in [-0.2, -0.15) is 0 Å². The zero-order valence-electron chi connectivity index (χ0n) is 7.48. The van der Waals surface area contributed by atoms with E-state index in [9.17, 15) is 8.78 Å². The molecule has 1 aliphatic carbocycles. The first-order valence-electron chi connectivity index (χ1n) is 4.37. The van der Waals surface area contributed by atoms with Crippen LogP contribution in [-0.2, 0) is 0 Å². The van der Waals surface area contributed by atoms with E-state index in [0.29, 0.717) is 6.42 Å². The highest BCUT2D eigenvalue weighted by atomic mass is 35.5. The standard InChI is InChI=1S/C10H7Cl3F2/c11-8-3-5(7-4-10(7,12)13)1-2-6(8)9(14)15/h1-3,7,9H,4H2. The van der Waals surface area contributed by atoms with Gasteiger partial charge in [0.05, 0.1) is 0 Å². The lowest BCUT2D eigenvalue weighted by molar-refractivity contribution is 0.151. The van der Waals surface area contributed by atoms with Gasteiger partial charge in [0.15, 0.2) is 0 Å². The maximum absolute atomic E-state index is 12.4. The van der Waals surface area contributed by atoms with Gasteiger partial charge < -0.3 is 0 Å². The number of halogens is 5. The maximum Gasteiger partial charge on any atom is 0.265 e. The Balaban J connectivity index is 2.27. The second kappa shape index (κ2) is 3.76. The van der Waals surface area contributed by atoms with Gasteiger partial charge in [0.25, 0.3) is 6.43 Å². The molecular weight excluding hydrogens is 264 g/mol. The molecule has 2 rings (SSSR count). The second-order valence-corrected chi connectivity index (χ2v) is 5.55. The topological polar surface area (TPSA) is 0 Å². The van der Waals surface area contributed by atoms with Crippen LogP contribution >= 0.6 is 34.8 Å². The molecule has 0 bridgehead atoms. The number of alkyl halides is 4. The van der Waals surface area contributed by atoms with Crippen molar-refractivity contribution >= 4 is 34.8 Å². The van der Waals surface area contributed by atoms with Gasteiger partial charge in [0, 0.05) is 16.5 Å². The first kappa shape index (κ1) is 11.4. The average Bonchev–Trinajstić information content (AvgIpc) is 2.74. The van der Waals surface area contributed by atoms with Crippen molar-refractivity contribution in [1.82, 2.24) is 0 Å². The van der Waals surface area contributed by atoms with Crippen molar-refractivity contribution in [2.24, 2.45) is 0 Å². The molecule has 1 atom stereocenters. The third-order valence-electron chi connectivity index (χ3n) is 2.49. The summed E-state index contributed by atoms with van der Waals surface area (Å²) < 4.78 is 24.0. The Labute approximate surface area is 101 Å². The van der Waals surface area contributed by atoms with Crippen LogP contribution in [0.4, 0.5) is 8.78 Å². The minimum absolute atomic E-state index is 0.00468. The summed E-state index contributed by atoms with van der Waals surface area (Å²) in [5.74, 6) is 0.00468. The molecule has 1 fully saturated rings. The summed E-state index contributed by atoms with van der Waals surface area (Å²) in [6, 6.07) is 4.44. The summed E-state index contributed by atoms with van der Waals surface area (Å²) in [6.07, 6.45) is -1.91. The zero-order chi connectivity index (χ0) is 11.2. The van der Waals surface area contributed by atoms with Crippen LogP contribution in [0.1, 0.15) is 29.9 Å². The molecule has 1 aliphatic rings. The Morgan fingerprint density at radius 1 is 1.33 bits per heavy atom. The molecule has 0 aromatic heterocycles. The fourth-order valence-electron chi connectivity index (χ4n) is 1.51. The predicted molar refractivity (Wildman–Crippen MR) is 58.2 cm³/mol. The monoisotopic (exact) mass is 270 g/mol. The van der Waals surface area contributed by atoms with E-state index in [4.69, 9.17) is 34.8 Å². The smallest absolute Gasteiger partial charge is 0.205 e. The van der Waals surface area contributed by atoms with Gasteiger partial charge in [-0.3, -0.25) is 0 Å². The van der Waals surface area contributed by atoms with Crippen molar-refractivity contribution in [3.8, 4) is 0 Å². The highest BCUT2D eigenvalue weighted by Gasteiger charge is 2.52. The van der Waals surface area contributed by atoms with E-state index in [2.05, 4.69) is 0 Å². The van der Waals surface area contributed by atoms with Crippen LogP contribution in [0.5, 0.6) is 0 Å². The fraction of sp³-hybridized carbons (Fsp3) is 0.400. The molecule has 0 radical (unpaired) electrons. The number of hydrogen-bond donors (Lipinski definition) is 0. The van der Waals surface area contributed by atoms with Crippen molar-refractivity contribution < 1.29 is 8.78 Å². The Kier molecular flexibility index (Phi) is 2.87. The van der Waals surface area contributed by atoms with Crippen LogP contribution < -0.4 is 0 Å². The van der Waals surface area contributed by atoms with E-state index < -0.39 is 10.8 Å². The lowest BCUT2D eigenvalue weighted by Gasteiger charge is -2.06. The molecule has 1 aromatic rings. The van der Waals surface area contributed by atoms with E-state index in [1.165, 1.54) is 12.1 Å². The van der Waals surface area contributed by atoms with Crippen LogP contribution in [0.2, 0.25) is 5.02 Å². The Hall–Kier alpha value is -0.0500. The minimum atomic E-state index is -2.55. The van der Waals surface area contributed by atoms with Gasteiger partial charge >= 0.3 is 0 Å². The molecular formula is C10H7Cl3F2. The zero-order valence-corrected chi connectivity index (χ0v) is 9.75. The van der Waals surface area contributed by atoms with Gasteiger partial charge in [-0.05, 0) is 18.1 Å². The number of benzene rings is 1. The van der Waals surface area contributed by atoms with Crippen molar-refractivity contribution in [2.75, 3.05) is 0 Å². The normalized spacial score (nSPS) is 23.2. The van der Waals surface area contributed by atoms with E-state index in [1.54, 1.807) is 6.07 Å². The summed E-state index contributed by atoms with van der Waals surface area (Å²) in [5, 5.41) is 0.0681. The van der Waals surface area contributed by atoms with Crippen molar-refractivity contribution in [2.45, 2.75) is 23.1 Å². The highest BCUT2D eigenvalue weighted by Crippen LogP contribution is 2.59. The molecule has 5 heteroatoms. The van der Waals surface area contributed by atoms with Crippen LogP contribution in [0.3, 0.4) is 0 Å². The average molecular weight is 272 g/mol. The van der Waals surface area contributed by atoms with Crippen LogP contribution in [0.25, 0.3) is 0 Å². The molecule has 1 aromatic carbocycles. The van der Waals surface area contributed by atoms with E-state index in [0.717, 1.165) is 5.56 Å². The fourth-order valence-corrected chi connectivity index (χ4v) is 2.34. The summed E-state index contributed by atoms with van der Waals surface area (Å²) in [5.41, 5.74) is 0.658.